The van der Waals surface area contributed by atoms with E-state index < -0.39 is 0 Å². The Labute approximate surface area is 118 Å². The van der Waals surface area contributed by atoms with E-state index in [1.807, 2.05) is 31.2 Å². The third-order valence-corrected chi connectivity index (χ3v) is 3.60. The van der Waals surface area contributed by atoms with E-state index >= 15 is 0 Å². The summed E-state index contributed by atoms with van der Waals surface area (Å²) in [6, 6.07) is 7.61. The van der Waals surface area contributed by atoms with Gasteiger partial charge in [0.15, 0.2) is 5.82 Å². The fourth-order valence-electron chi connectivity index (χ4n) is 2.13. The van der Waals surface area contributed by atoms with Crippen LogP contribution in [0.3, 0.4) is 0 Å². The molecule has 1 aliphatic carbocycles. The number of nitrogens with zero attached hydrogens (tertiary/aromatic N) is 2. The van der Waals surface area contributed by atoms with Crippen molar-refractivity contribution in [1.29, 1.82) is 0 Å². The minimum absolute atomic E-state index is 0.335. The van der Waals surface area contributed by atoms with Crippen molar-refractivity contribution in [2.24, 2.45) is 5.73 Å². The standard InChI is InChI=1S/C15H19N3O2/c1-10-4-2-5-11(8-10)15-17-14(18-20-15)13(16)9-19-12-6-3-7-12/h2,4-5,8,12-13H,3,6-7,9,16H2,1H3. The smallest absolute Gasteiger partial charge is 0.257 e. The molecule has 2 aromatic rings. The Morgan fingerprint density at radius 1 is 1.45 bits per heavy atom. The topological polar surface area (TPSA) is 74.2 Å². The van der Waals surface area contributed by atoms with E-state index in [4.69, 9.17) is 15.0 Å². The van der Waals surface area contributed by atoms with E-state index in [0.29, 0.717) is 24.4 Å². The van der Waals surface area contributed by atoms with Gasteiger partial charge in [-0.2, -0.15) is 4.98 Å². The van der Waals surface area contributed by atoms with Crippen LogP contribution in [0.25, 0.3) is 11.5 Å². The molecule has 20 heavy (non-hydrogen) atoms. The Balaban J connectivity index is 1.66. The SMILES string of the molecule is Cc1cccc(-c2nc(C(N)COC3CCC3)no2)c1. The van der Waals surface area contributed by atoms with Crippen LogP contribution in [0.1, 0.15) is 36.7 Å². The van der Waals surface area contributed by atoms with Crippen molar-refractivity contribution < 1.29 is 9.26 Å². The zero-order valence-electron chi connectivity index (χ0n) is 11.6. The van der Waals surface area contributed by atoms with E-state index in [2.05, 4.69) is 10.1 Å². The number of nitrogens with two attached hydrogens (primary N) is 1. The average molecular weight is 273 g/mol. The summed E-state index contributed by atoms with van der Waals surface area (Å²) in [6.07, 6.45) is 3.88. The fraction of sp³-hybridized carbons (Fsp3) is 0.467. The quantitative estimate of drug-likeness (QED) is 0.906. The molecule has 0 amide bonds. The van der Waals surface area contributed by atoms with Crippen LogP contribution in [-0.2, 0) is 4.74 Å². The Hall–Kier alpha value is -1.72. The van der Waals surface area contributed by atoms with Gasteiger partial charge in [-0.05, 0) is 38.3 Å². The largest absolute Gasteiger partial charge is 0.376 e. The molecule has 1 heterocycles. The summed E-state index contributed by atoms with van der Waals surface area (Å²) in [4.78, 5) is 4.36. The van der Waals surface area contributed by atoms with Gasteiger partial charge in [-0.15, -0.1) is 0 Å². The third kappa shape index (κ3) is 2.89. The zero-order chi connectivity index (χ0) is 13.9. The monoisotopic (exact) mass is 273 g/mol. The summed E-state index contributed by atoms with van der Waals surface area (Å²) >= 11 is 0. The maximum Gasteiger partial charge on any atom is 0.257 e. The lowest BCUT2D eigenvalue weighted by Gasteiger charge is -2.26. The normalized spacial score (nSPS) is 16.9. The van der Waals surface area contributed by atoms with Crippen LogP contribution in [0.4, 0.5) is 0 Å². The minimum atomic E-state index is -0.335. The predicted octanol–water partition coefficient (Wildman–Crippen LogP) is 2.61. The van der Waals surface area contributed by atoms with Crippen LogP contribution in [0.5, 0.6) is 0 Å². The van der Waals surface area contributed by atoms with Crippen molar-refractivity contribution in [3.8, 4) is 11.5 Å². The van der Waals surface area contributed by atoms with E-state index in [-0.39, 0.29) is 6.04 Å². The Morgan fingerprint density at radius 3 is 3.00 bits per heavy atom. The van der Waals surface area contributed by atoms with Gasteiger partial charge in [0.2, 0.25) is 0 Å². The van der Waals surface area contributed by atoms with Gasteiger partial charge in [-0.1, -0.05) is 22.9 Å². The summed E-state index contributed by atoms with van der Waals surface area (Å²) in [5, 5.41) is 3.95. The molecule has 1 aliphatic rings. The van der Waals surface area contributed by atoms with Crippen LogP contribution in [0.15, 0.2) is 28.8 Å². The van der Waals surface area contributed by atoms with Gasteiger partial charge in [-0.25, -0.2) is 0 Å². The second-order valence-electron chi connectivity index (χ2n) is 5.32. The molecule has 1 unspecified atom stereocenters. The Morgan fingerprint density at radius 2 is 2.30 bits per heavy atom. The van der Waals surface area contributed by atoms with Crippen LogP contribution >= 0.6 is 0 Å². The summed E-state index contributed by atoms with van der Waals surface area (Å²) in [5.41, 5.74) is 8.10. The number of hydrogen-bond donors (Lipinski definition) is 1. The first kappa shape index (κ1) is 13.3. The maximum absolute atomic E-state index is 6.03. The van der Waals surface area contributed by atoms with Gasteiger partial charge < -0.3 is 15.0 Å². The Kier molecular flexibility index (Phi) is 3.80. The first-order valence-corrected chi connectivity index (χ1v) is 7.00. The highest BCUT2D eigenvalue weighted by Gasteiger charge is 2.21. The molecular formula is C15H19N3O2. The van der Waals surface area contributed by atoms with E-state index in [1.165, 1.54) is 6.42 Å². The van der Waals surface area contributed by atoms with Gasteiger partial charge >= 0.3 is 0 Å². The molecule has 0 radical (unpaired) electrons. The molecule has 5 nitrogen and oxygen atoms in total. The number of aryl methyl sites for hydroxylation is 1. The summed E-state index contributed by atoms with van der Waals surface area (Å²) in [7, 11) is 0. The minimum Gasteiger partial charge on any atom is -0.376 e. The lowest BCUT2D eigenvalue weighted by atomic mass is 9.96. The Bertz CT molecular complexity index is 578. The molecule has 5 heteroatoms. The molecule has 1 aromatic carbocycles. The van der Waals surface area contributed by atoms with Crippen molar-refractivity contribution in [2.75, 3.05) is 6.61 Å². The van der Waals surface area contributed by atoms with Crippen LogP contribution < -0.4 is 5.73 Å². The molecule has 1 aromatic heterocycles. The highest BCUT2D eigenvalue weighted by atomic mass is 16.5. The first-order valence-electron chi connectivity index (χ1n) is 7.00. The fourth-order valence-corrected chi connectivity index (χ4v) is 2.13. The zero-order valence-corrected chi connectivity index (χ0v) is 11.6. The molecular weight excluding hydrogens is 254 g/mol. The number of aromatic nitrogens is 2. The average Bonchev–Trinajstić information content (AvgIpc) is 2.86. The number of benzene rings is 1. The molecule has 1 saturated carbocycles. The molecule has 1 atom stereocenters. The van der Waals surface area contributed by atoms with Crippen molar-refractivity contribution in [1.82, 2.24) is 10.1 Å². The van der Waals surface area contributed by atoms with Crippen LogP contribution in [0.2, 0.25) is 0 Å². The van der Waals surface area contributed by atoms with Crippen LogP contribution in [-0.4, -0.2) is 22.9 Å². The predicted molar refractivity (Wildman–Crippen MR) is 75.0 cm³/mol. The second kappa shape index (κ2) is 5.73. The van der Waals surface area contributed by atoms with E-state index in [1.54, 1.807) is 0 Å². The summed E-state index contributed by atoms with van der Waals surface area (Å²) in [5.74, 6) is 1.00. The summed E-state index contributed by atoms with van der Waals surface area (Å²) < 4.78 is 11.0. The lowest BCUT2D eigenvalue weighted by molar-refractivity contribution is -0.00549. The van der Waals surface area contributed by atoms with Crippen molar-refractivity contribution in [3.63, 3.8) is 0 Å². The molecule has 2 N–H and O–H groups in total. The molecule has 0 saturated heterocycles. The van der Waals surface area contributed by atoms with Crippen LogP contribution in [0, 0.1) is 6.92 Å². The van der Waals surface area contributed by atoms with E-state index in [9.17, 15) is 0 Å². The van der Waals surface area contributed by atoms with Crippen molar-refractivity contribution in [2.45, 2.75) is 38.3 Å². The highest BCUT2D eigenvalue weighted by Crippen LogP contribution is 2.24. The number of hydrogen-bond acceptors (Lipinski definition) is 5. The van der Waals surface area contributed by atoms with Gasteiger partial charge in [0, 0.05) is 5.56 Å². The van der Waals surface area contributed by atoms with Gasteiger partial charge in [0.25, 0.3) is 5.89 Å². The first-order chi connectivity index (χ1) is 9.72. The van der Waals surface area contributed by atoms with Crippen molar-refractivity contribution in [3.05, 3.63) is 35.7 Å². The number of rotatable bonds is 5. The molecule has 1 fully saturated rings. The molecule has 0 aliphatic heterocycles. The molecule has 0 spiro atoms. The third-order valence-electron chi connectivity index (χ3n) is 3.60. The molecule has 3 rings (SSSR count). The maximum atomic E-state index is 6.03. The van der Waals surface area contributed by atoms with Gasteiger partial charge in [0.05, 0.1) is 18.8 Å². The molecule has 0 bridgehead atoms. The summed E-state index contributed by atoms with van der Waals surface area (Å²) in [6.45, 7) is 2.47. The van der Waals surface area contributed by atoms with Crippen molar-refractivity contribution >= 4 is 0 Å². The lowest BCUT2D eigenvalue weighted by Crippen LogP contribution is -2.27. The van der Waals surface area contributed by atoms with Gasteiger partial charge in [-0.3, -0.25) is 0 Å². The number of ether oxygens (including phenoxy) is 1. The van der Waals surface area contributed by atoms with E-state index in [0.717, 1.165) is 24.0 Å². The van der Waals surface area contributed by atoms with Gasteiger partial charge in [0.1, 0.15) is 0 Å². The molecule has 106 valence electrons. The highest BCUT2D eigenvalue weighted by molar-refractivity contribution is 5.53. The second-order valence-corrected chi connectivity index (χ2v) is 5.32.